The third-order valence-electron chi connectivity index (χ3n) is 5.07. The maximum Gasteiger partial charge on any atom is 0.311 e. The van der Waals surface area contributed by atoms with Crippen LogP contribution in [0.4, 0.5) is 0 Å². The maximum atomic E-state index is 12.0. The molecule has 0 radical (unpaired) electrons. The van der Waals surface area contributed by atoms with Crippen molar-refractivity contribution in [1.82, 2.24) is 0 Å². The number of rotatable bonds is 18. The van der Waals surface area contributed by atoms with E-state index in [4.69, 9.17) is 14.6 Å². The zero-order valence-electron chi connectivity index (χ0n) is 18.2. The molecule has 0 aromatic heterocycles. The summed E-state index contributed by atoms with van der Waals surface area (Å²) in [6, 6.07) is 4.73. The number of carbonyl (C=O) groups is 3. The van der Waals surface area contributed by atoms with Crippen molar-refractivity contribution >= 4 is 18.2 Å². The molecule has 0 aliphatic heterocycles. The van der Waals surface area contributed by atoms with Crippen molar-refractivity contribution < 1.29 is 29.0 Å². The van der Waals surface area contributed by atoms with Gasteiger partial charge < -0.3 is 14.6 Å². The van der Waals surface area contributed by atoms with E-state index in [2.05, 4.69) is 0 Å². The van der Waals surface area contributed by atoms with Gasteiger partial charge in [0.2, 0.25) is 0 Å². The first kappa shape index (κ1) is 25.7. The van der Waals surface area contributed by atoms with Gasteiger partial charge in [-0.25, -0.2) is 0 Å². The van der Waals surface area contributed by atoms with Crippen LogP contribution in [0.2, 0.25) is 0 Å². The number of benzene rings is 1. The summed E-state index contributed by atoms with van der Waals surface area (Å²) in [5, 5.41) is 8.58. The van der Waals surface area contributed by atoms with Gasteiger partial charge >= 0.3 is 11.9 Å². The third kappa shape index (κ3) is 12.2. The molecule has 0 bridgehead atoms. The minimum atomic E-state index is -0.697. The van der Waals surface area contributed by atoms with E-state index in [1.54, 1.807) is 18.2 Å². The number of esters is 1. The van der Waals surface area contributed by atoms with Crippen LogP contribution in [0.3, 0.4) is 0 Å². The lowest BCUT2D eigenvalue weighted by molar-refractivity contribution is -0.137. The molecule has 6 heteroatoms. The van der Waals surface area contributed by atoms with Crippen LogP contribution in [0.5, 0.6) is 11.5 Å². The Morgan fingerprint density at radius 3 is 1.77 bits per heavy atom. The predicted molar refractivity (Wildman–Crippen MR) is 116 cm³/mol. The molecule has 0 unspecified atom stereocenters. The molecule has 0 amide bonds. The molecule has 1 N–H and O–H groups in total. The minimum absolute atomic E-state index is 0.282. The van der Waals surface area contributed by atoms with Gasteiger partial charge in [-0.05, 0) is 31.0 Å². The maximum absolute atomic E-state index is 12.0. The van der Waals surface area contributed by atoms with Gasteiger partial charge in [0.05, 0.1) is 7.11 Å². The second-order valence-electron chi connectivity index (χ2n) is 7.64. The normalized spacial score (nSPS) is 10.6. The highest BCUT2D eigenvalue weighted by atomic mass is 16.6. The fraction of sp³-hybridized carbons (Fsp3) is 0.625. The van der Waals surface area contributed by atoms with E-state index in [1.807, 2.05) is 0 Å². The summed E-state index contributed by atoms with van der Waals surface area (Å²) in [5.41, 5.74) is 0.474. The van der Waals surface area contributed by atoms with Crippen LogP contribution < -0.4 is 9.47 Å². The van der Waals surface area contributed by atoms with Gasteiger partial charge in [0.1, 0.15) is 6.29 Å². The summed E-state index contributed by atoms with van der Waals surface area (Å²) >= 11 is 0. The molecule has 1 aromatic carbocycles. The van der Waals surface area contributed by atoms with Crippen LogP contribution in [-0.4, -0.2) is 30.4 Å². The van der Waals surface area contributed by atoms with E-state index in [0.29, 0.717) is 29.9 Å². The lowest BCUT2D eigenvalue weighted by Crippen LogP contribution is -2.08. The number of aldehydes is 1. The average Bonchev–Trinajstić information content (AvgIpc) is 2.74. The Morgan fingerprint density at radius 2 is 1.30 bits per heavy atom. The van der Waals surface area contributed by atoms with Crippen molar-refractivity contribution in [3.63, 3.8) is 0 Å². The summed E-state index contributed by atoms with van der Waals surface area (Å²) < 4.78 is 10.5. The van der Waals surface area contributed by atoms with Gasteiger partial charge in [0.25, 0.3) is 0 Å². The highest BCUT2D eigenvalue weighted by molar-refractivity contribution is 5.78. The van der Waals surface area contributed by atoms with E-state index in [9.17, 15) is 14.4 Å². The zero-order chi connectivity index (χ0) is 22.0. The number of carboxylic acid groups (broad SMARTS) is 1. The largest absolute Gasteiger partial charge is 0.493 e. The van der Waals surface area contributed by atoms with Gasteiger partial charge in [-0.1, -0.05) is 64.2 Å². The molecule has 0 aliphatic rings. The van der Waals surface area contributed by atoms with Crippen LogP contribution in [0.1, 0.15) is 100 Å². The van der Waals surface area contributed by atoms with Crippen molar-refractivity contribution in [2.24, 2.45) is 0 Å². The molecule has 0 heterocycles. The molecule has 0 atom stereocenters. The van der Waals surface area contributed by atoms with E-state index in [-0.39, 0.29) is 5.97 Å². The van der Waals surface area contributed by atoms with Gasteiger partial charge in [0, 0.05) is 18.4 Å². The molecule has 1 aromatic rings. The van der Waals surface area contributed by atoms with Gasteiger partial charge in [-0.15, -0.1) is 0 Å². The van der Waals surface area contributed by atoms with E-state index < -0.39 is 5.97 Å². The van der Waals surface area contributed by atoms with Crippen LogP contribution in [0.25, 0.3) is 0 Å². The number of aliphatic carboxylic acids is 1. The lowest BCUT2D eigenvalue weighted by Gasteiger charge is -2.09. The molecule has 0 saturated carbocycles. The molecule has 0 fully saturated rings. The number of carboxylic acids is 1. The molecular formula is C24H36O6. The third-order valence-corrected chi connectivity index (χ3v) is 5.07. The summed E-state index contributed by atoms with van der Waals surface area (Å²) in [7, 11) is 1.48. The lowest BCUT2D eigenvalue weighted by atomic mass is 10.0. The summed E-state index contributed by atoms with van der Waals surface area (Å²) in [4.78, 5) is 33.2. The minimum Gasteiger partial charge on any atom is -0.493 e. The van der Waals surface area contributed by atoms with Crippen molar-refractivity contribution in [2.45, 2.75) is 89.9 Å². The topological polar surface area (TPSA) is 89.9 Å². The fourth-order valence-electron chi connectivity index (χ4n) is 3.33. The first-order valence-electron chi connectivity index (χ1n) is 11.1. The molecule has 6 nitrogen and oxygen atoms in total. The number of ether oxygens (including phenoxy) is 2. The van der Waals surface area contributed by atoms with Crippen LogP contribution in [0.15, 0.2) is 18.2 Å². The average molecular weight is 421 g/mol. The highest BCUT2D eigenvalue weighted by Crippen LogP contribution is 2.28. The summed E-state index contributed by atoms with van der Waals surface area (Å²) in [6.45, 7) is 0. The second kappa shape index (κ2) is 16.4. The van der Waals surface area contributed by atoms with Crippen molar-refractivity contribution in [3.05, 3.63) is 23.8 Å². The standard InChI is InChI=1S/C24H36O6/c1-29-22-18-20(19-25)16-17-21(22)30-24(28)15-13-11-9-7-5-3-2-4-6-8-10-12-14-23(26)27/h16-19H,2-15H2,1H3,(H,26,27). The first-order valence-corrected chi connectivity index (χ1v) is 11.1. The number of hydrogen-bond donors (Lipinski definition) is 1. The van der Waals surface area contributed by atoms with Crippen LogP contribution in [-0.2, 0) is 9.59 Å². The predicted octanol–water partition coefficient (Wildman–Crippen LogP) is 5.96. The number of unbranched alkanes of at least 4 members (excludes halogenated alkanes) is 11. The molecule has 0 saturated heterocycles. The Kier molecular flexibility index (Phi) is 14.1. The summed E-state index contributed by atoms with van der Waals surface area (Å²) in [6.07, 6.45) is 14.6. The van der Waals surface area contributed by atoms with E-state index in [0.717, 1.165) is 44.8 Å². The Morgan fingerprint density at radius 1 is 0.800 bits per heavy atom. The van der Waals surface area contributed by atoms with Gasteiger partial charge in [0.15, 0.2) is 11.5 Å². The summed E-state index contributed by atoms with van der Waals surface area (Å²) in [5.74, 6) is -0.254. The van der Waals surface area contributed by atoms with Crippen LogP contribution >= 0.6 is 0 Å². The monoisotopic (exact) mass is 420 g/mol. The van der Waals surface area contributed by atoms with Crippen LogP contribution in [0, 0.1) is 0 Å². The Balaban J connectivity index is 1.97. The first-order chi connectivity index (χ1) is 14.6. The van der Waals surface area contributed by atoms with E-state index >= 15 is 0 Å². The molecule has 1 rings (SSSR count). The van der Waals surface area contributed by atoms with Crippen molar-refractivity contribution in [3.8, 4) is 11.5 Å². The Bertz CT molecular complexity index is 641. The number of methoxy groups -OCH3 is 1. The molecule has 168 valence electrons. The molecule has 30 heavy (non-hydrogen) atoms. The van der Waals surface area contributed by atoms with Crippen molar-refractivity contribution in [2.75, 3.05) is 7.11 Å². The molecule has 0 spiro atoms. The quantitative estimate of drug-likeness (QED) is 0.136. The van der Waals surface area contributed by atoms with Gasteiger partial charge in [-0.2, -0.15) is 0 Å². The number of carbonyl (C=O) groups excluding carboxylic acids is 2. The second-order valence-corrected chi connectivity index (χ2v) is 7.64. The smallest absolute Gasteiger partial charge is 0.311 e. The Labute approximate surface area is 180 Å². The SMILES string of the molecule is COc1cc(C=O)ccc1OC(=O)CCCCCCCCCCCCCCC(=O)O. The highest BCUT2D eigenvalue weighted by Gasteiger charge is 2.10. The van der Waals surface area contributed by atoms with E-state index in [1.165, 1.54) is 45.6 Å². The zero-order valence-corrected chi connectivity index (χ0v) is 18.2. The van der Waals surface area contributed by atoms with Crippen molar-refractivity contribution in [1.29, 1.82) is 0 Å². The molecular weight excluding hydrogens is 384 g/mol. The molecule has 0 aliphatic carbocycles. The number of hydrogen-bond acceptors (Lipinski definition) is 5. The Hall–Kier alpha value is -2.37. The fourth-order valence-corrected chi connectivity index (χ4v) is 3.33. The van der Waals surface area contributed by atoms with Gasteiger partial charge in [-0.3, -0.25) is 14.4 Å².